The van der Waals surface area contributed by atoms with Crippen molar-refractivity contribution in [2.45, 2.75) is 52.6 Å². The Morgan fingerprint density at radius 3 is 2.59 bits per heavy atom. The summed E-state index contributed by atoms with van der Waals surface area (Å²) in [4.78, 5) is 24.3. The van der Waals surface area contributed by atoms with E-state index >= 15 is 0 Å². The number of carbonyl (C=O) groups is 1. The molecule has 0 unspecified atom stereocenters. The zero-order valence-electron chi connectivity index (χ0n) is 16.3. The molecule has 2 heterocycles. The van der Waals surface area contributed by atoms with Gasteiger partial charge in [0, 0.05) is 24.8 Å². The van der Waals surface area contributed by atoms with E-state index < -0.39 is 0 Å². The van der Waals surface area contributed by atoms with Gasteiger partial charge < -0.3 is 9.47 Å². The van der Waals surface area contributed by atoms with Crippen molar-refractivity contribution in [1.29, 1.82) is 0 Å². The molecule has 27 heavy (non-hydrogen) atoms. The van der Waals surface area contributed by atoms with Crippen LogP contribution in [0.3, 0.4) is 0 Å². The number of hydrogen-bond donors (Lipinski definition) is 0. The monoisotopic (exact) mass is 364 g/mol. The lowest BCUT2D eigenvalue weighted by atomic mass is 10.1. The van der Waals surface area contributed by atoms with E-state index in [9.17, 15) is 4.79 Å². The number of rotatable bonds is 9. The molecular formula is C22H28N4O. The van der Waals surface area contributed by atoms with Gasteiger partial charge in [0.1, 0.15) is 11.3 Å². The Bertz CT molecular complexity index is 872. The number of aryl methyl sites for hydroxylation is 1. The first-order valence-electron chi connectivity index (χ1n) is 9.89. The second-order valence-electron chi connectivity index (χ2n) is 6.83. The summed E-state index contributed by atoms with van der Waals surface area (Å²) in [6.45, 7) is 6.42. The Morgan fingerprint density at radius 2 is 1.85 bits per heavy atom. The molecule has 3 rings (SSSR count). The minimum atomic E-state index is 0.0646. The average molecular weight is 364 g/mol. The molecule has 0 aliphatic carbocycles. The van der Waals surface area contributed by atoms with E-state index in [1.807, 2.05) is 47.4 Å². The largest absolute Gasteiger partial charge is 0.331 e. The second kappa shape index (κ2) is 9.31. The Labute approximate surface area is 161 Å². The summed E-state index contributed by atoms with van der Waals surface area (Å²) in [5.41, 5.74) is 2.52. The van der Waals surface area contributed by atoms with Crippen LogP contribution in [-0.2, 0) is 13.1 Å². The smallest absolute Gasteiger partial charge is 0.254 e. The molecule has 0 bridgehead atoms. The molecule has 1 amide bonds. The number of aromatic nitrogens is 3. The van der Waals surface area contributed by atoms with Gasteiger partial charge in [-0.2, -0.15) is 0 Å². The molecule has 3 aromatic rings. The van der Waals surface area contributed by atoms with Crippen molar-refractivity contribution in [3.05, 3.63) is 60.0 Å². The van der Waals surface area contributed by atoms with Crippen LogP contribution in [0.4, 0.5) is 0 Å². The Morgan fingerprint density at radius 1 is 1.04 bits per heavy atom. The molecule has 0 aliphatic rings. The summed E-state index contributed by atoms with van der Waals surface area (Å²) < 4.78 is 2.15. The summed E-state index contributed by atoms with van der Waals surface area (Å²) >= 11 is 0. The van der Waals surface area contributed by atoms with Crippen LogP contribution in [0.1, 0.15) is 55.7 Å². The number of benzene rings is 1. The molecule has 0 fully saturated rings. The molecule has 0 aliphatic heterocycles. The third-order valence-corrected chi connectivity index (χ3v) is 4.70. The number of imidazole rings is 1. The zero-order valence-corrected chi connectivity index (χ0v) is 16.3. The molecule has 0 saturated heterocycles. The summed E-state index contributed by atoms with van der Waals surface area (Å²) in [5.74, 6) is 0.973. The number of carbonyl (C=O) groups excluding carboxylic acids is 1. The van der Waals surface area contributed by atoms with Crippen molar-refractivity contribution >= 4 is 17.1 Å². The van der Waals surface area contributed by atoms with Gasteiger partial charge in [-0.25, -0.2) is 9.97 Å². The molecule has 5 heteroatoms. The number of unbranched alkanes of at least 4 members (excludes halogenated alkanes) is 2. The highest BCUT2D eigenvalue weighted by molar-refractivity contribution is 5.94. The molecule has 5 nitrogen and oxygen atoms in total. The predicted molar refractivity (Wildman–Crippen MR) is 109 cm³/mol. The van der Waals surface area contributed by atoms with Gasteiger partial charge in [-0.15, -0.1) is 0 Å². The molecular weight excluding hydrogens is 336 g/mol. The SMILES string of the molecule is CCCCCN(Cc1nc2cccnc2n1CCC)C(=O)c1ccccc1. The molecule has 2 aromatic heterocycles. The van der Waals surface area contributed by atoms with Crippen molar-refractivity contribution in [2.24, 2.45) is 0 Å². The molecule has 1 aromatic carbocycles. The van der Waals surface area contributed by atoms with E-state index in [-0.39, 0.29) is 5.91 Å². The number of fused-ring (bicyclic) bond motifs is 1. The average Bonchev–Trinajstić information content (AvgIpc) is 3.05. The number of amides is 1. The molecule has 142 valence electrons. The Hall–Kier alpha value is -2.69. The summed E-state index contributed by atoms with van der Waals surface area (Å²) in [5, 5.41) is 0. The highest BCUT2D eigenvalue weighted by atomic mass is 16.2. The van der Waals surface area contributed by atoms with Crippen LogP contribution in [0.15, 0.2) is 48.7 Å². The summed E-state index contributed by atoms with van der Waals surface area (Å²) in [6.07, 6.45) is 6.05. The van der Waals surface area contributed by atoms with E-state index in [1.54, 1.807) is 6.20 Å². The second-order valence-corrected chi connectivity index (χ2v) is 6.83. The van der Waals surface area contributed by atoms with Crippen LogP contribution in [0.5, 0.6) is 0 Å². The van der Waals surface area contributed by atoms with Crippen molar-refractivity contribution in [2.75, 3.05) is 6.54 Å². The molecule has 0 saturated carbocycles. The van der Waals surface area contributed by atoms with Gasteiger partial charge in [0.15, 0.2) is 5.65 Å². The van der Waals surface area contributed by atoms with Gasteiger partial charge in [-0.05, 0) is 37.1 Å². The van der Waals surface area contributed by atoms with Crippen molar-refractivity contribution in [1.82, 2.24) is 19.4 Å². The van der Waals surface area contributed by atoms with Crippen LogP contribution in [0.25, 0.3) is 11.2 Å². The van der Waals surface area contributed by atoms with Gasteiger partial charge >= 0.3 is 0 Å². The van der Waals surface area contributed by atoms with Gasteiger partial charge in [-0.1, -0.05) is 44.9 Å². The Kier molecular flexibility index (Phi) is 6.58. The van der Waals surface area contributed by atoms with Crippen molar-refractivity contribution in [3.63, 3.8) is 0 Å². The summed E-state index contributed by atoms with van der Waals surface area (Å²) in [7, 11) is 0. The first-order chi connectivity index (χ1) is 13.2. The highest BCUT2D eigenvalue weighted by Gasteiger charge is 2.20. The van der Waals surface area contributed by atoms with Crippen molar-refractivity contribution < 1.29 is 4.79 Å². The van der Waals surface area contributed by atoms with E-state index in [1.165, 1.54) is 0 Å². The first kappa shape index (κ1) is 19.1. The number of hydrogen-bond acceptors (Lipinski definition) is 3. The van der Waals surface area contributed by atoms with Gasteiger partial charge in [0.2, 0.25) is 0 Å². The van der Waals surface area contributed by atoms with Crippen LogP contribution in [0, 0.1) is 0 Å². The van der Waals surface area contributed by atoms with Gasteiger partial charge in [0.05, 0.1) is 6.54 Å². The van der Waals surface area contributed by atoms with E-state index in [0.29, 0.717) is 6.54 Å². The normalized spacial score (nSPS) is 11.0. The Balaban J connectivity index is 1.90. The third-order valence-electron chi connectivity index (χ3n) is 4.70. The fourth-order valence-corrected chi connectivity index (χ4v) is 3.32. The molecule has 0 N–H and O–H groups in total. The fraction of sp³-hybridized carbons (Fsp3) is 0.409. The maximum absolute atomic E-state index is 13.1. The highest BCUT2D eigenvalue weighted by Crippen LogP contribution is 2.18. The molecule has 0 spiro atoms. The van der Waals surface area contributed by atoms with Crippen LogP contribution >= 0.6 is 0 Å². The van der Waals surface area contributed by atoms with Crippen LogP contribution < -0.4 is 0 Å². The first-order valence-corrected chi connectivity index (χ1v) is 9.89. The topological polar surface area (TPSA) is 51.0 Å². The van der Waals surface area contributed by atoms with E-state index in [2.05, 4.69) is 23.4 Å². The van der Waals surface area contributed by atoms with E-state index in [4.69, 9.17) is 4.98 Å². The molecule has 0 radical (unpaired) electrons. The quantitative estimate of drug-likeness (QED) is 0.518. The standard InChI is InChI=1S/C22H28N4O/c1-3-5-9-16-25(22(27)18-11-7-6-8-12-18)17-20-24-19-13-10-14-23-21(19)26(20)15-4-2/h6-8,10-14H,3-5,9,15-17H2,1-2H3. The minimum absolute atomic E-state index is 0.0646. The van der Waals surface area contributed by atoms with Gasteiger partial charge in [0.25, 0.3) is 5.91 Å². The van der Waals surface area contributed by atoms with Crippen molar-refractivity contribution in [3.8, 4) is 0 Å². The molecule has 0 atom stereocenters. The number of pyridine rings is 1. The van der Waals surface area contributed by atoms with E-state index in [0.717, 1.165) is 61.3 Å². The summed E-state index contributed by atoms with van der Waals surface area (Å²) in [6, 6.07) is 13.4. The van der Waals surface area contributed by atoms with Crippen LogP contribution in [-0.4, -0.2) is 31.9 Å². The minimum Gasteiger partial charge on any atom is -0.331 e. The third kappa shape index (κ3) is 4.54. The van der Waals surface area contributed by atoms with Gasteiger partial charge in [-0.3, -0.25) is 4.79 Å². The maximum Gasteiger partial charge on any atom is 0.254 e. The lowest BCUT2D eigenvalue weighted by Crippen LogP contribution is -2.32. The van der Waals surface area contributed by atoms with Crippen LogP contribution in [0.2, 0.25) is 0 Å². The zero-order chi connectivity index (χ0) is 19.1. The lowest BCUT2D eigenvalue weighted by Gasteiger charge is -2.23. The lowest BCUT2D eigenvalue weighted by molar-refractivity contribution is 0.0734. The maximum atomic E-state index is 13.1. The predicted octanol–water partition coefficient (Wildman–Crippen LogP) is 4.67. The number of nitrogens with zero attached hydrogens (tertiary/aromatic N) is 4. The fourth-order valence-electron chi connectivity index (χ4n) is 3.32.